The molecule has 0 atom stereocenters. The number of para-hydroxylation sites is 1. The van der Waals surface area contributed by atoms with Crippen LogP contribution in [0.4, 0.5) is 0 Å². The third-order valence-corrected chi connectivity index (χ3v) is 5.35. The Balaban J connectivity index is 2.14. The summed E-state index contributed by atoms with van der Waals surface area (Å²) in [5, 5.41) is 10.5. The molecule has 2 aromatic heterocycles. The van der Waals surface area contributed by atoms with Crippen LogP contribution in [0.2, 0.25) is 0 Å². The predicted octanol–water partition coefficient (Wildman–Crippen LogP) is 4.42. The highest BCUT2D eigenvalue weighted by Crippen LogP contribution is 2.33. The zero-order valence-electron chi connectivity index (χ0n) is 16.7. The molecule has 5 rings (SSSR count). The number of carbonyl (C=O) groups is 1. The van der Waals surface area contributed by atoms with Crippen LogP contribution in [0.1, 0.15) is 22.8 Å². The second-order valence-electron chi connectivity index (χ2n) is 7.10. The number of carbonyl (C=O) groups excluding carboxylic acids is 1. The molecule has 0 radical (unpaired) electrons. The Morgan fingerprint density at radius 1 is 0.935 bits per heavy atom. The molecule has 2 heterocycles. The molecule has 0 amide bonds. The maximum absolute atomic E-state index is 13.4. The standard InChI is InChI=1S/C25H17N3O3/c1-2-31-25(30)22-19-14-16(15-26)12-13-21(19)28-24(29)18-10-6-7-11-20(18)27(28)23(22)17-8-4-3-5-9-17/h3-14H,2H2,1H3. The molecule has 0 bridgehead atoms. The van der Waals surface area contributed by atoms with Crippen molar-refractivity contribution in [3.63, 3.8) is 0 Å². The van der Waals surface area contributed by atoms with Gasteiger partial charge in [0.25, 0.3) is 5.56 Å². The maximum Gasteiger partial charge on any atom is 0.341 e. The van der Waals surface area contributed by atoms with Crippen LogP contribution < -0.4 is 5.56 Å². The smallest absolute Gasteiger partial charge is 0.341 e. The lowest BCUT2D eigenvalue weighted by atomic mass is 10.00. The first kappa shape index (κ1) is 18.6. The highest BCUT2D eigenvalue weighted by molar-refractivity contribution is 6.09. The number of ether oxygens (including phenoxy) is 1. The number of nitriles is 1. The lowest BCUT2D eigenvalue weighted by molar-refractivity contribution is 0.0529. The number of rotatable bonds is 3. The number of esters is 1. The summed E-state index contributed by atoms with van der Waals surface area (Å²) in [6, 6.07) is 23.8. The molecule has 0 spiro atoms. The van der Waals surface area contributed by atoms with E-state index in [1.165, 1.54) is 0 Å². The quantitative estimate of drug-likeness (QED) is 0.415. The van der Waals surface area contributed by atoms with E-state index in [9.17, 15) is 14.9 Å². The molecular formula is C25H17N3O3. The molecule has 0 saturated carbocycles. The van der Waals surface area contributed by atoms with E-state index in [2.05, 4.69) is 6.07 Å². The first-order chi connectivity index (χ1) is 15.2. The fraction of sp³-hybridized carbons (Fsp3) is 0.0800. The molecular weight excluding hydrogens is 390 g/mol. The van der Waals surface area contributed by atoms with Crippen molar-refractivity contribution in [2.75, 3.05) is 6.61 Å². The molecule has 0 N–H and O–H groups in total. The summed E-state index contributed by atoms with van der Waals surface area (Å²) in [5.74, 6) is -0.505. The zero-order valence-corrected chi connectivity index (χ0v) is 16.7. The number of aromatic nitrogens is 2. The van der Waals surface area contributed by atoms with Crippen LogP contribution in [0, 0.1) is 11.3 Å². The Morgan fingerprint density at radius 3 is 2.39 bits per heavy atom. The van der Waals surface area contributed by atoms with Crippen molar-refractivity contribution in [1.82, 2.24) is 9.03 Å². The van der Waals surface area contributed by atoms with Crippen molar-refractivity contribution in [2.45, 2.75) is 6.92 Å². The van der Waals surface area contributed by atoms with E-state index >= 15 is 0 Å². The molecule has 0 saturated heterocycles. The van der Waals surface area contributed by atoms with E-state index in [0.717, 1.165) is 5.56 Å². The number of hydrogen-bond acceptors (Lipinski definition) is 4. The highest BCUT2D eigenvalue weighted by Gasteiger charge is 2.25. The van der Waals surface area contributed by atoms with Gasteiger partial charge in [0, 0.05) is 10.9 Å². The minimum Gasteiger partial charge on any atom is -0.462 e. The summed E-state index contributed by atoms with van der Waals surface area (Å²) in [4.78, 5) is 26.6. The van der Waals surface area contributed by atoms with Gasteiger partial charge in [0.2, 0.25) is 0 Å². The summed E-state index contributed by atoms with van der Waals surface area (Å²) in [7, 11) is 0. The Bertz CT molecular complexity index is 1590. The summed E-state index contributed by atoms with van der Waals surface area (Å²) >= 11 is 0. The molecule has 6 heteroatoms. The van der Waals surface area contributed by atoms with Gasteiger partial charge >= 0.3 is 5.97 Å². The van der Waals surface area contributed by atoms with Gasteiger partial charge in [0.15, 0.2) is 0 Å². The number of hydrogen-bond donors (Lipinski definition) is 0. The molecule has 5 aromatic rings. The van der Waals surface area contributed by atoms with E-state index in [-0.39, 0.29) is 12.2 Å². The Hall–Kier alpha value is -4.37. The molecule has 0 aliphatic carbocycles. The van der Waals surface area contributed by atoms with Gasteiger partial charge in [-0.25, -0.2) is 13.8 Å². The second-order valence-corrected chi connectivity index (χ2v) is 7.10. The van der Waals surface area contributed by atoms with Gasteiger partial charge in [-0.15, -0.1) is 0 Å². The van der Waals surface area contributed by atoms with Gasteiger partial charge in [-0.2, -0.15) is 5.26 Å². The minimum absolute atomic E-state index is 0.196. The molecule has 3 aromatic carbocycles. The average molecular weight is 407 g/mol. The number of nitrogens with zero attached hydrogens (tertiary/aromatic N) is 3. The molecule has 31 heavy (non-hydrogen) atoms. The molecule has 0 fully saturated rings. The fourth-order valence-corrected chi connectivity index (χ4v) is 4.09. The minimum atomic E-state index is -0.505. The molecule has 0 unspecified atom stereocenters. The second kappa shape index (κ2) is 7.15. The third kappa shape index (κ3) is 2.71. The van der Waals surface area contributed by atoms with Gasteiger partial charge < -0.3 is 4.74 Å². The maximum atomic E-state index is 13.4. The first-order valence-corrected chi connectivity index (χ1v) is 9.90. The monoisotopic (exact) mass is 407 g/mol. The van der Waals surface area contributed by atoms with Crippen LogP contribution in [0.25, 0.3) is 33.1 Å². The van der Waals surface area contributed by atoms with Gasteiger partial charge in [0.1, 0.15) is 0 Å². The van der Waals surface area contributed by atoms with Gasteiger partial charge in [-0.05, 0) is 37.3 Å². The largest absolute Gasteiger partial charge is 0.462 e. The Labute approximate surface area is 177 Å². The highest BCUT2D eigenvalue weighted by atomic mass is 16.5. The zero-order chi connectivity index (χ0) is 21.5. The van der Waals surface area contributed by atoms with Crippen LogP contribution in [-0.2, 0) is 4.74 Å². The summed E-state index contributed by atoms with van der Waals surface area (Å²) < 4.78 is 8.75. The van der Waals surface area contributed by atoms with Gasteiger partial charge in [0.05, 0.1) is 45.9 Å². The Morgan fingerprint density at radius 2 is 1.65 bits per heavy atom. The number of benzene rings is 3. The van der Waals surface area contributed by atoms with E-state index in [0.29, 0.717) is 38.6 Å². The van der Waals surface area contributed by atoms with Crippen molar-refractivity contribution in [1.29, 1.82) is 5.26 Å². The third-order valence-electron chi connectivity index (χ3n) is 5.35. The van der Waals surface area contributed by atoms with Crippen LogP contribution in [0.3, 0.4) is 0 Å². The van der Waals surface area contributed by atoms with Crippen molar-refractivity contribution < 1.29 is 9.53 Å². The summed E-state index contributed by atoms with van der Waals surface area (Å²) in [6.07, 6.45) is 0. The van der Waals surface area contributed by atoms with E-state index in [4.69, 9.17) is 4.74 Å². The molecule has 0 aliphatic rings. The number of fused-ring (bicyclic) bond motifs is 5. The van der Waals surface area contributed by atoms with E-state index in [1.54, 1.807) is 40.2 Å². The van der Waals surface area contributed by atoms with Crippen LogP contribution in [0.5, 0.6) is 0 Å². The van der Waals surface area contributed by atoms with E-state index in [1.807, 2.05) is 48.5 Å². The van der Waals surface area contributed by atoms with Crippen molar-refractivity contribution >= 4 is 27.8 Å². The summed E-state index contributed by atoms with van der Waals surface area (Å²) in [5.41, 5.74) is 3.03. The topological polar surface area (TPSA) is 76.0 Å². The van der Waals surface area contributed by atoms with E-state index < -0.39 is 5.97 Å². The Kier molecular flexibility index (Phi) is 4.30. The fourth-order valence-electron chi connectivity index (χ4n) is 4.09. The van der Waals surface area contributed by atoms with Crippen LogP contribution in [-0.4, -0.2) is 21.6 Å². The normalized spacial score (nSPS) is 11.1. The average Bonchev–Trinajstić information content (AvgIpc) is 3.11. The SMILES string of the molecule is CCOC(=O)c1c(-c2ccccc2)n2c3ccccc3c(=O)n2c2ccc(C#N)cc12. The van der Waals surface area contributed by atoms with Crippen molar-refractivity contribution in [3.8, 4) is 17.3 Å². The lowest BCUT2D eigenvalue weighted by Crippen LogP contribution is -2.18. The van der Waals surface area contributed by atoms with Gasteiger partial charge in [-0.1, -0.05) is 42.5 Å². The summed E-state index contributed by atoms with van der Waals surface area (Å²) in [6.45, 7) is 1.95. The first-order valence-electron chi connectivity index (χ1n) is 9.90. The van der Waals surface area contributed by atoms with Crippen LogP contribution >= 0.6 is 0 Å². The molecule has 6 nitrogen and oxygen atoms in total. The lowest BCUT2D eigenvalue weighted by Gasteiger charge is -2.17. The molecule has 150 valence electrons. The molecule has 0 aliphatic heterocycles. The van der Waals surface area contributed by atoms with Gasteiger partial charge in [-0.3, -0.25) is 4.79 Å². The van der Waals surface area contributed by atoms with Crippen molar-refractivity contribution in [3.05, 3.63) is 94.3 Å². The van der Waals surface area contributed by atoms with Crippen LogP contribution in [0.15, 0.2) is 77.6 Å². The predicted molar refractivity (Wildman–Crippen MR) is 118 cm³/mol. The van der Waals surface area contributed by atoms with Crippen molar-refractivity contribution in [2.24, 2.45) is 0 Å².